The summed E-state index contributed by atoms with van der Waals surface area (Å²) in [5.74, 6) is 0.790. The SMILES string of the molecule is CCN1c2cc(OC)ccc2C(C#N)C1c1ccc(NC(=O)OCC(C)C)cc1. The van der Waals surface area contributed by atoms with E-state index < -0.39 is 6.09 Å². The van der Waals surface area contributed by atoms with Crippen molar-refractivity contribution < 1.29 is 14.3 Å². The van der Waals surface area contributed by atoms with Gasteiger partial charge in [-0.25, -0.2) is 4.79 Å². The van der Waals surface area contributed by atoms with Crippen LogP contribution in [-0.2, 0) is 4.74 Å². The Balaban J connectivity index is 1.82. The molecule has 0 spiro atoms. The summed E-state index contributed by atoms with van der Waals surface area (Å²) in [5, 5.41) is 12.6. The summed E-state index contributed by atoms with van der Waals surface area (Å²) in [6, 6.07) is 15.9. The van der Waals surface area contributed by atoms with Gasteiger partial charge in [-0.1, -0.05) is 32.0 Å². The summed E-state index contributed by atoms with van der Waals surface area (Å²) >= 11 is 0. The molecule has 6 nitrogen and oxygen atoms in total. The number of ether oxygens (including phenoxy) is 2. The maximum Gasteiger partial charge on any atom is 0.411 e. The molecular formula is C23H27N3O3. The van der Waals surface area contributed by atoms with E-state index in [0.29, 0.717) is 12.3 Å². The average Bonchev–Trinajstić information content (AvgIpc) is 3.05. The van der Waals surface area contributed by atoms with Crippen molar-refractivity contribution >= 4 is 17.5 Å². The number of hydrogen-bond acceptors (Lipinski definition) is 5. The fraction of sp³-hybridized carbons (Fsp3) is 0.391. The Morgan fingerprint density at radius 1 is 1.24 bits per heavy atom. The van der Waals surface area contributed by atoms with E-state index in [1.807, 2.05) is 56.3 Å². The number of nitrogens with one attached hydrogen (secondary N) is 1. The van der Waals surface area contributed by atoms with Crippen LogP contribution < -0.4 is 15.0 Å². The highest BCUT2D eigenvalue weighted by atomic mass is 16.5. The van der Waals surface area contributed by atoms with E-state index in [1.54, 1.807) is 7.11 Å². The van der Waals surface area contributed by atoms with Gasteiger partial charge in [0.2, 0.25) is 0 Å². The fourth-order valence-corrected chi connectivity index (χ4v) is 3.70. The first kappa shape index (κ1) is 20.5. The molecule has 2 aromatic rings. The quantitative estimate of drug-likeness (QED) is 0.740. The molecule has 1 aliphatic rings. The maximum atomic E-state index is 11.9. The number of rotatable bonds is 6. The van der Waals surface area contributed by atoms with Crippen molar-refractivity contribution in [3.8, 4) is 11.8 Å². The predicted octanol–water partition coefficient (Wildman–Crippen LogP) is 5.09. The van der Waals surface area contributed by atoms with Gasteiger partial charge < -0.3 is 14.4 Å². The monoisotopic (exact) mass is 393 g/mol. The number of hydrogen-bond donors (Lipinski definition) is 1. The van der Waals surface area contributed by atoms with Crippen molar-refractivity contribution in [1.82, 2.24) is 0 Å². The molecule has 1 amide bonds. The molecule has 2 unspecified atom stereocenters. The van der Waals surface area contributed by atoms with Crippen LogP contribution in [0.2, 0.25) is 0 Å². The van der Waals surface area contributed by atoms with E-state index in [1.165, 1.54) is 0 Å². The second-order valence-electron chi connectivity index (χ2n) is 7.50. The van der Waals surface area contributed by atoms with Gasteiger partial charge >= 0.3 is 6.09 Å². The first-order valence-electron chi connectivity index (χ1n) is 9.86. The molecule has 0 aliphatic carbocycles. The molecule has 152 valence electrons. The summed E-state index contributed by atoms with van der Waals surface area (Å²) < 4.78 is 10.5. The van der Waals surface area contributed by atoms with Crippen molar-refractivity contribution in [3.63, 3.8) is 0 Å². The Labute approximate surface area is 172 Å². The van der Waals surface area contributed by atoms with Gasteiger partial charge in [0.05, 0.1) is 31.7 Å². The Hall–Kier alpha value is -3.20. The molecule has 0 saturated heterocycles. The van der Waals surface area contributed by atoms with Gasteiger partial charge in [-0.3, -0.25) is 5.32 Å². The lowest BCUT2D eigenvalue weighted by Crippen LogP contribution is -2.26. The van der Waals surface area contributed by atoms with Gasteiger partial charge in [0.1, 0.15) is 5.75 Å². The highest BCUT2D eigenvalue weighted by molar-refractivity contribution is 5.84. The van der Waals surface area contributed by atoms with E-state index in [-0.39, 0.29) is 17.9 Å². The van der Waals surface area contributed by atoms with Gasteiger partial charge in [0, 0.05) is 24.0 Å². The molecule has 0 fully saturated rings. The van der Waals surface area contributed by atoms with Crippen LogP contribution >= 0.6 is 0 Å². The number of carbonyl (C=O) groups is 1. The van der Waals surface area contributed by atoms with Crippen molar-refractivity contribution in [1.29, 1.82) is 5.26 Å². The maximum absolute atomic E-state index is 11.9. The zero-order chi connectivity index (χ0) is 21.0. The van der Waals surface area contributed by atoms with Crippen LogP contribution in [0.4, 0.5) is 16.2 Å². The molecule has 29 heavy (non-hydrogen) atoms. The molecular weight excluding hydrogens is 366 g/mol. The number of nitrogens with zero attached hydrogens (tertiary/aromatic N) is 2. The number of amides is 1. The van der Waals surface area contributed by atoms with Crippen LogP contribution in [0.5, 0.6) is 5.75 Å². The lowest BCUT2D eigenvalue weighted by molar-refractivity contribution is 0.147. The topological polar surface area (TPSA) is 74.6 Å². The molecule has 1 heterocycles. The molecule has 0 saturated carbocycles. The molecule has 1 aliphatic heterocycles. The van der Waals surface area contributed by atoms with E-state index >= 15 is 0 Å². The third-order valence-corrected chi connectivity index (χ3v) is 5.06. The van der Waals surface area contributed by atoms with Crippen molar-refractivity contribution in [3.05, 3.63) is 53.6 Å². The van der Waals surface area contributed by atoms with Crippen molar-refractivity contribution in [2.24, 2.45) is 5.92 Å². The van der Waals surface area contributed by atoms with Gasteiger partial charge in [-0.2, -0.15) is 5.26 Å². The summed E-state index contributed by atoms with van der Waals surface area (Å²) in [6.45, 7) is 7.20. The smallest absolute Gasteiger partial charge is 0.411 e. The minimum atomic E-state index is -0.461. The zero-order valence-electron chi connectivity index (χ0n) is 17.3. The van der Waals surface area contributed by atoms with Crippen LogP contribution in [0.25, 0.3) is 0 Å². The Morgan fingerprint density at radius 3 is 2.55 bits per heavy atom. The summed E-state index contributed by atoms with van der Waals surface area (Å²) in [5.41, 5.74) is 3.73. The van der Waals surface area contributed by atoms with E-state index in [2.05, 4.69) is 23.2 Å². The van der Waals surface area contributed by atoms with Crippen LogP contribution in [-0.4, -0.2) is 26.4 Å². The molecule has 0 bridgehead atoms. The largest absolute Gasteiger partial charge is 0.497 e. The van der Waals surface area contributed by atoms with Crippen molar-refractivity contribution in [2.45, 2.75) is 32.7 Å². The first-order chi connectivity index (χ1) is 14.0. The normalized spacial score (nSPS) is 17.6. The second kappa shape index (κ2) is 8.87. The van der Waals surface area contributed by atoms with Gasteiger partial charge in [-0.15, -0.1) is 0 Å². The van der Waals surface area contributed by atoms with Gasteiger partial charge in [0.25, 0.3) is 0 Å². The minimum absolute atomic E-state index is 0.0888. The van der Waals surface area contributed by atoms with Crippen LogP contribution in [0.15, 0.2) is 42.5 Å². The van der Waals surface area contributed by atoms with Crippen LogP contribution in [0.1, 0.15) is 43.9 Å². The number of fused-ring (bicyclic) bond motifs is 1. The number of nitriles is 1. The van der Waals surface area contributed by atoms with Crippen molar-refractivity contribution in [2.75, 3.05) is 30.5 Å². The summed E-state index contributed by atoms with van der Waals surface area (Å²) in [4.78, 5) is 14.1. The van der Waals surface area contributed by atoms with E-state index in [9.17, 15) is 10.1 Å². The third kappa shape index (κ3) is 4.29. The molecule has 0 radical (unpaired) electrons. The Bertz CT molecular complexity index is 903. The molecule has 0 aromatic heterocycles. The molecule has 1 N–H and O–H groups in total. The summed E-state index contributed by atoms with van der Waals surface area (Å²) in [6.07, 6.45) is -0.461. The molecule has 3 rings (SSSR count). The zero-order valence-corrected chi connectivity index (χ0v) is 17.3. The third-order valence-electron chi connectivity index (χ3n) is 5.06. The first-order valence-corrected chi connectivity index (χ1v) is 9.86. The standard InChI is InChI=1S/C23H27N3O3/c1-5-26-21-12-18(28-4)10-11-19(21)20(13-24)22(26)16-6-8-17(9-7-16)25-23(27)29-14-15(2)3/h6-12,15,20,22H,5,14H2,1-4H3,(H,25,27). The van der Waals surface area contributed by atoms with E-state index in [0.717, 1.165) is 29.1 Å². The molecule has 2 atom stereocenters. The number of likely N-dealkylation sites (N-methyl/N-ethyl adjacent to an activating group) is 1. The fourth-order valence-electron chi connectivity index (χ4n) is 3.70. The Morgan fingerprint density at radius 2 is 1.97 bits per heavy atom. The minimum Gasteiger partial charge on any atom is -0.497 e. The number of carbonyl (C=O) groups excluding carboxylic acids is 1. The molecule has 6 heteroatoms. The molecule has 2 aromatic carbocycles. The highest BCUT2D eigenvalue weighted by Gasteiger charge is 2.39. The van der Waals surface area contributed by atoms with Gasteiger partial charge in [0.15, 0.2) is 0 Å². The average molecular weight is 393 g/mol. The van der Waals surface area contributed by atoms with E-state index in [4.69, 9.17) is 9.47 Å². The number of methoxy groups -OCH3 is 1. The number of benzene rings is 2. The summed E-state index contributed by atoms with van der Waals surface area (Å²) in [7, 11) is 1.64. The highest BCUT2D eigenvalue weighted by Crippen LogP contribution is 2.49. The van der Waals surface area contributed by atoms with Crippen LogP contribution in [0, 0.1) is 17.2 Å². The lowest BCUT2D eigenvalue weighted by Gasteiger charge is -2.28. The van der Waals surface area contributed by atoms with Gasteiger partial charge in [-0.05, 0) is 42.2 Å². The van der Waals surface area contributed by atoms with Crippen LogP contribution in [0.3, 0.4) is 0 Å². The number of anilines is 2. The predicted molar refractivity (Wildman–Crippen MR) is 113 cm³/mol. The Kier molecular flexibility index (Phi) is 6.28. The second-order valence-corrected chi connectivity index (χ2v) is 7.50. The lowest BCUT2D eigenvalue weighted by atomic mass is 9.91.